The average molecular weight is 418 g/mol. The molecule has 0 spiro atoms. The van der Waals surface area contributed by atoms with Gasteiger partial charge in [0.05, 0.1) is 18.1 Å². The molecule has 0 saturated carbocycles. The maximum absolute atomic E-state index is 13.0. The van der Waals surface area contributed by atoms with Crippen molar-refractivity contribution in [1.29, 1.82) is 0 Å². The molecule has 0 aromatic heterocycles. The van der Waals surface area contributed by atoms with E-state index < -0.39 is 10.0 Å². The first-order valence-corrected chi connectivity index (χ1v) is 11.1. The third-order valence-corrected chi connectivity index (χ3v) is 6.50. The first kappa shape index (κ1) is 21.4. The number of hydrogen-bond donors (Lipinski definition) is 2. The first-order valence-electron chi connectivity index (χ1n) is 9.61. The molecule has 2 aromatic rings. The van der Waals surface area contributed by atoms with Crippen molar-refractivity contribution in [3.63, 3.8) is 0 Å². The van der Waals surface area contributed by atoms with Crippen molar-refractivity contribution in [2.24, 2.45) is 0 Å². The zero-order chi connectivity index (χ0) is 20.9. The van der Waals surface area contributed by atoms with Crippen LogP contribution in [0.3, 0.4) is 0 Å². The van der Waals surface area contributed by atoms with Gasteiger partial charge in [0.25, 0.3) is 0 Å². The quantitative estimate of drug-likeness (QED) is 0.722. The molecule has 3 rings (SSSR count). The van der Waals surface area contributed by atoms with E-state index in [1.165, 1.54) is 13.0 Å². The molecular formula is C21H27N3O4S. The molecule has 0 bridgehead atoms. The molecule has 1 amide bonds. The Morgan fingerprint density at radius 1 is 1.14 bits per heavy atom. The highest BCUT2D eigenvalue weighted by Crippen LogP contribution is 2.24. The highest BCUT2D eigenvalue weighted by Gasteiger charge is 2.25. The van der Waals surface area contributed by atoms with Crippen LogP contribution in [0.1, 0.15) is 24.1 Å². The molecule has 156 valence electrons. The number of ether oxygens (including phenoxy) is 1. The first-order chi connectivity index (χ1) is 13.9. The smallest absolute Gasteiger partial charge is 0.240 e. The topological polar surface area (TPSA) is 87.7 Å². The molecule has 1 unspecified atom stereocenters. The van der Waals surface area contributed by atoms with Crippen LogP contribution in [0.4, 0.5) is 5.69 Å². The molecule has 7 nitrogen and oxygen atoms in total. The summed E-state index contributed by atoms with van der Waals surface area (Å²) in [6, 6.07) is 14.7. The summed E-state index contributed by atoms with van der Waals surface area (Å²) in [5, 5.41) is 2.63. The molecular weight excluding hydrogens is 390 g/mol. The van der Waals surface area contributed by atoms with E-state index in [0.717, 1.165) is 18.7 Å². The summed E-state index contributed by atoms with van der Waals surface area (Å²) in [5.41, 5.74) is 2.13. The predicted molar refractivity (Wildman–Crippen MR) is 112 cm³/mol. The Balaban J connectivity index is 1.82. The second kappa shape index (κ2) is 9.49. The zero-order valence-corrected chi connectivity index (χ0v) is 17.5. The van der Waals surface area contributed by atoms with Crippen LogP contribution in [0.15, 0.2) is 53.4 Å². The maximum Gasteiger partial charge on any atom is 0.240 e. The minimum Gasteiger partial charge on any atom is -0.379 e. The molecule has 1 aliphatic rings. The number of hydrogen-bond acceptors (Lipinski definition) is 5. The van der Waals surface area contributed by atoms with Gasteiger partial charge in [0.15, 0.2) is 0 Å². The van der Waals surface area contributed by atoms with Gasteiger partial charge in [0.1, 0.15) is 0 Å². The number of anilines is 1. The molecule has 2 N–H and O–H groups in total. The van der Waals surface area contributed by atoms with Crippen molar-refractivity contribution in [3.05, 3.63) is 59.7 Å². The molecule has 0 radical (unpaired) electrons. The van der Waals surface area contributed by atoms with Gasteiger partial charge >= 0.3 is 0 Å². The number of sulfonamides is 1. The molecule has 1 saturated heterocycles. The number of carbonyl (C=O) groups is 1. The lowest BCUT2D eigenvalue weighted by molar-refractivity contribution is -0.114. The van der Waals surface area contributed by atoms with E-state index in [1.807, 2.05) is 30.3 Å². The van der Waals surface area contributed by atoms with Crippen LogP contribution < -0.4 is 10.0 Å². The summed E-state index contributed by atoms with van der Waals surface area (Å²) in [6.45, 7) is 6.14. The van der Waals surface area contributed by atoms with Gasteiger partial charge in [-0.2, -0.15) is 0 Å². The fraction of sp³-hybridized carbons (Fsp3) is 0.381. The lowest BCUT2D eigenvalue weighted by Crippen LogP contribution is -2.43. The molecule has 0 aliphatic carbocycles. The van der Waals surface area contributed by atoms with Crippen molar-refractivity contribution >= 4 is 21.6 Å². The van der Waals surface area contributed by atoms with E-state index in [9.17, 15) is 13.2 Å². The Morgan fingerprint density at radius 2 is 1.83 bits per heavy atom. The molecule has 1 aliphatic heterocycles. The average Bonchev–Trinajstić information content (AvgIpc) is 2.71. The Labute approximate surface area is 172 Å². The summed E-state index contributed by atoms with van der Waals surface area (Å²) in [6.07, 6.45) is 0. The molecule has 2 aromatic carbocycles. The molecule has 29 heavy (non-hydrogen) atoms. The highest BCUT2D eigenvalue weighted by molar-refractivity contribution is 7.89. The number of rotatable bonds is 7. The summed E-state index contributed by atoms with van der Waals surface area (Å²) in [7, 11) is -3.75. The summed E-state index contributed by atoms with van der Waals surface area (Å²) >= 11 is 0. The van der Waals surface area contributed by atoms with Crippen LogP contribution >= 0.6 is 0 Å². The summed E-state index contributed by atoms with van der Waals surface area (Å²) in [5.74, 6) is -0.249. The van der Waals surface area contributed by atoms with Crippen LogP contribution in [0.5, 0.6) is 0 Å². The molecule has 1 fully saturated rings. The van der Waals surface area contributed by atoms with E-state index >= 15 is 0 Å². The maximum atomic E-state index is 13.0. The monoisotopic (exact) mass is 417 g/mol. The highest BCUT2D eigenvalue weighted by atomic mass is 32.2. The number of nitrogens with one attached hydrogen (secondary N) is 2. The standard InChI is InChI=1S/C21H27N3O4S/c1-16-8-9-19(23-17(2)25)14-21(16)29(26,27)22-15-20(18-6-4-3-5-7-18)24-10-12-28-13-11-24/h3-9,14,20,22H,10-13,15H2,1-2H3,(H,23,25). The number of benzene rings is 2. The van der Waals surface area contributed by atoms with E-state index in [4.69, 9.17) is 4.74 Å². The van der Waals surface area contributed by atoms with Gasteiger partial charge in [0, 0.05) is 38.3 Å². The van der Waals surface area contributed by atoms with Gasteiger partial charge in [-0.15, -0.1) is 0 Å². The van der Waals surface area contributed by atoms with Crippen LogP contribution in [-0.4, -0.2) is 52.1 Å². The molecule has 1 atom stereocenters. The Hall–Kier alpha value is -2.26. The van der Waals surface area contributed by atoms with Crippen LogP contribution in [-0.2, 0) is 19.6 Å². The number of carbonyl (C=O) groups excluding carboxylic acids is 1. The van der Waals surface area contributed by atoms with Crippen LogP contribution in [0, 0.1) is 6.92 Å². The van der Waals surface area contributed by atoms with Crippen molar-refractivity contribution in [2.45, 2.75) is 24.8 Å². The number of aryl methyl sites for hydroxylation is 1. The second-order valence-corrected chi connectivity index (χ2v) is 8.82. The van der Waals surface area contributed by atoms with Crippen molar-refractivity contribution < 1.29 is 17.9 Å². The van der Waals surface area contributed by atoms with E-state index in [0.29, 0.717) is 24.5 Å². The second-order valence-electron chi connectivity index (χ2n) is 7.09. The minimum absolute atomic E-state index is 0.0892. The summed E-state index contributed by atoms with van der Waals surface area (Å²) in [4.78, 5) is 13.7. The zero-order valence-electron chi connectivity index (χ0n) is 16.7. The lowest BCUT2D eigenvalue weighted by atomic mass is 10.1. The van der Waals surface area contributed by atoms with E-state index in [2.05, 4.69) is 14.9 Å². The number of nitrogens with zero attached hydrogens (tertiary/aromatic N) is 1. The van der Waals surface area contributed by atoms with Crippen LogP contribution in [0.25, 0.3) is 0 Å². The number of amides is 1. The van der Waals surface area contributed by atoms with Gasteiger partial charge in [-0.1, -0.05) is 36.4 Å². The Kier molecular flexibility index (Phi) is 7.02. The SMILES string of the molecule is CC(=O)Nc1ccc(C)c(S(=O)(=O)NCC(c2ccccc2)N2CCOCC2)c1. The van der Waals surface area contributed by atoms with Gasteiger partial charge in [0.2, 0.25) is 15.9 Å². The normalized spacial score (nSPS) is 16.3. The fourth-order valence-electron chi connectivity index (χ4n) is 3.46. The fourth-order valence-corrected chi connectivity index (χ4v) is 4.77. The third kappa shape index (κ3) is 5.63. The third-order valence-electron chi connectivity index (χ3n) is 4.94. The van der Waals surface area contributed by atoms with E-state index in [-0.39, 0.29) is 23.4 Å². The van der Waals surface area contributed by atoms with Gasteiger partial charge in [-0.25, -0.2) is 13.1 Å². The van der Waals surface area contributed by atoms with Crippen LogP contribution in [0.2, 0.25) is 0 Å². The lowest BCUT2D eigenvalue weighted by Gasteiger charge is -2.35. The van der Waals surface area contributed by atoms with E-state index in [1.54, 1.807) is 19.1 Å². The molecule has 1 heterocycles. The number of morpholine rings is 1. The van der Waals surface area contributed by atoms with Crippen molar-refractivity contribution in [3.8, 4) is 0 Å². The largest absolute Gasteiger partial charge is 0.379 e. The van der Waals surface area contributed by atoms with Gasteiger partial charge in [-0.3, -0.25) is 9.69 Å². The van der Waals surface area contributed by atoms with Gasteiger partial charge in [-0.05, 0) is 30.2 Å². The summed E-state index contributed by atoms with van der Waals surface area (Å²) < 4.78 is 34.3. The molecule has 8 heteroatoms. The van der Waals surface area contributed by atoms with Gasteiger partial charge < -0.3 is 10.1 Å². The Morgan fingerprint density at radius 3 is 2.48 bits per heavy atom. The predicted octanol–water partition coefficient (Wildman–Crippen LogP) is 2.31. The Bertz CT molecular complexity index is 942. The van der Waals surface area contributed by atoms with Crippen molar-refractivity contribution in [1.82, 2.24) is 9.62 Å². The van der Waals surface area contributed by atoms with Crippen molar-refractivity contribution in [2.75, 3.05) is 38.2 Å². The minimum atomic E-state index is -3.75.